The van der Waals surface area contributed by atoms with Crippen molar-refractivity contribution >= 4 is 11.6 Å². The predicted molar refractivity (Wildman–Crippen MR) is 47.8 cm³/mol. The van der Waals surface area contributed by atoms with Crippen LogP contribution in [0, 0.1) is 0 Å². The molecule has 0 aliphatic carbocycles. The van der Waals surface area contributed by atoms with Gasteiger partial charge in [0.05, 0.1) is 6.61 Å². The van der Waals surface area contributed by atoms with Gasteiger partial charge in [-0.2, -0.15) is 18.2 Å². The fourth-order valence-corrected chi connectivity index (χ4v) is 0.978. The van der Waals surface area contributed by atoms with Gasteiger partial charge in [-0.05, 0) is 6.42 Å². The second kappa shape index (κ2) is 4.65. The van der Waals surface area contributed by atoms with Crippen LogP contribution in [0.25, 0.3) is 0 Å². The maximum absolute atomic E-state index is 12.2. The van der Waals surface area contributed by atoms with Gasteiger partial charge in [0.15, 0.2) is 0 Å². The molecule has 0 atom stereocenters. The SMILES string of the molecule is CCCOc1cc(Cl)nc(C(F)(F)F)n1. The zero-order valence-electron chi connectivity index (χ0n) is 7.81. The van der Waals surface area contributed by atoms with Crippen LogP contribution < -0.4 is 4.74 Å². The third-order valence-electron chi connectivity index (χ3n) is 1.38. The lowest BCUT2D eigenvalue weighted by Crippen LogP contribution is -2.12. The highest BCUT2D eigenvalue weighted by atomic mass is 35.5. The molecule has 84 valence electrons. The van der Waals surface area contributed by atoms with Crippen LogP contribution >= 0.6 is 11.6 Å². The van der Waals surface area contributed by atoms with E-state index in [0.29, 0.717) is 6.42 Å². The highest BCUT2D eigenvalue weighted by Crippen LogP contribution is 2.28. The first kappa shape index (κ1) is 12.0. The molecular formula is C8H8ClF3N2O. The van der Waals surface area contributed by atoms with Crippen molar-refractivity contribution in [1.29, 1.82) is 0 Å². The molecule has 0 amide bonds. The number of rotatable bonds is 3. The average molecular weight is 241 g/mol. The molecule has 1 heterocycles. The number of ether oxygens (including phenoxy) is 1. The van der Waals surface area contributed by atoms with Crippen LogP contribution in [-0.2, 0) is 6.18 Å². The highest BCUT2D eigenvalue weighted by Gasteiger charge is 2.35. The Morgan fingerprint density at radius 2 is 2.07 bits per heavy atom. The van der Waals surface area contributed by atoms with Crippen molar-refractivity contribution in [3.8, 4) is 5.88 Å². The largest absolute Gasteiger partial charge is 0.478 e. The molecule has 0 aromatic carbocycles. The van der Waals surface area contributed by atoms with Gasteiger partial charge >= 0.3 is 6.18 Å². The summed E-state index contributed by atoms with van der Waals surface area (Å²) >= 11 is 5.40. The summed E-state index contributed by atoms with van der Waals surface area (Å²) in [5.74, 6) is -1.45. The fraction of sp³-hybridized carbons (Fsp3) is 0.500. The normalized spacial score (nSPS) is 11.5. The Balaban J connectivity index is 2.95. The van der Waals surface area contributed by atoms with E-state index in [1.54, 1.807) is 0 Å². The summed E-state index contributed by atoms with van der Waals surface area (Å²) in [6, 6.07) is 1.15. The number of alkyl halides is 3. The second-order valence-electron chi connectivity index (χ2n) is 2.70. The molecule has 0 fully saturated rings. The van der Waals surface area contributed by atoms with E-state index in [1.807, 2.05) is 6.92 Å². The predicted octanol–water partition coefficient (Wildman–Crippen LogP) is 2.94. The minimum Gasteiger partial charge on any atom is -0.478 e. The van der Waals surface area contributed by atoms with Crippen LogP contribution in [0.1, 0.15) is 19.2 Å². The average Bonchev–Trinajstić information content (AvgIpc) is 2.12. The van der Waals surface area contributed by atoms with E-state index >= 15 is 0 Å². The monoisotopic (exact) mass is 240 g/mol. The molecule has 0 aliphatic heterocycles. The molecule has 0 saturated carbocycles. The Kier molecular flexibility index (Phi) is 3.73. The Bertz CT molecular complexity index is 343. The van der Waals surface area contributed by atoms with Gasteiger partial charge in [-0.3, -0.25) is 0 Å². The molecule has 15 heavy (non-hydrogen) atoms. The van der Waals surface area contributed by atoms with Crippen molar-refractivity contribution in [1.82, 2.24) is 9.97 Å². The Labute approximate surface area is 89.2 Å². The fourth-order valence-electron chi connectivity index (χ4n) is 0.804. The molecule has 1 rings (SSSR count). The number of hydrogen-bond donors (Lipinski definition) is 0. The topological polar surface area (TPSA) is 35.0 Å². The summed E-state index contributed by atoms with van der Waals surface area (Å²) < 4.78 is 41.6. The van der Waals surface area contributed by atoms with Gasteiger partial charge in [0.2, 0.25) is 11.7 Å². The summed E-state index contributed by atoms with van der Waals surface area (Å²) in [5, 5.41) is -0.288. The first-order chi connectivity index (χ1) is 6.93. The van der Waals surface area contributed by atoms with Gasteiger partial charge in [0.1, 0.15) is 5.15 Å². The standard InChI is InChI=1S/C8H8ClF3N2O/c1-2-3-15-6-4-5(9)13-7(14-6)8(10,11)12/h4H,2-3H2,1H3. The van der Waals surface area contributed by atoms with Crippen molar-refractivity contribution < 1.29 is 17.9 Å². The van der Waals surface area contributed by atoms with E-state index in [1.165, 1.54) is 0 Å². The van der Waals surface area contributed by atoms with Crippen molar-refractivity contribution in [2.75, 3.05) is 6.61 Å². The molecule has 0 N–H and O–H groups in total. The minimum atomic E-state index is -4.62. The van der Waals surface area contributed by atoms with E-state index in [0.717, 1.165) is 6.07 Å². The van der Waals surface area contributed by atoms with Crippen LogP contribution in [0.2, 0.25) is 5.15 Å². The maximum atomic E-state index is 12.2. The van der Waals surface area contributed by atoms with Crippen LogP contribution in [0.4, 0.5) is 13.2 Å². The van der Waals surface area contributed by atoms with Crippen LogP contribution in [0.15, 0.2) is 6.07 Å². The first-order valence-electron chi connectivity index (χ1n) is 4.18. The summed E-state index contributed by atoms with van der Waals surface area (Å²) in [6.45, 7) is 2.11. The molecule has 0 spiro atoms. The lowest BCUT2D eigenvalue weighted by atomic mass is 10.5. The third-order valence-corrected chi connectivity index (χ3v) is 1.57. The van der Waals surface area contributed by atoms with Crippen molar-refractivity contribution in [3.63, 3.8) is 0 Å². The van der Waals surface area contributed by atoms with Gasteiger partial charge in [-0.25, -0.2) is 4.98 Å². The number of halogens is 4. The summed E-state index contributed by atoms with van der Waals surface area (Å²) in [4.78, 5) is 6.26. The lowest BCUT2D eigenvalue weighted by Gasteiger charge is -2.08. The molecule has 1 aromatic rings. The first-order valence-corrected chi connectivity index (χ1v) is 4.56. The molecule has 0 bridgehead atoms. The Morgan fingerprint density at radius 1 is 1.40 bits per heavy atom. The second-order valence-corrected chi connectivity index (χ2v) is 3.09. The van der Waals surface area contributed by atoms with Crippen LogP contribution in [0.5, 0.6) is 5.88 Å². The van der Waals surface area contributed by atoms with E-state index in [9.17, 15) is 13.2 Å². The highest BCUT2D eigenvalue weighted by molar-refractivity contribution is 6.29. The van der Waals surface area contributed by atoms with Crippen LogP contribution in [-0.4, -0.2) is 16.6 Å². The van der Waals surface area contributed by atoms with Gasteiger partial charge in [0, 0.05) is 6.07 Å². The summed E-state index contributed by atoms with van der Waals surface area (Å²) in [5.41, 5.74) is 0. The van der Waals surface area contributed by atoms with Gasteiger partial charge in [0.25, 0.3) is 0 Å². The zero-order valence-corrected chi connectivity index (χ0v) is 8.56. The van der Waals surface area contributed by atoms with E-state index in [4.69, 9.17) is 16.3 Å². The quantitative estimate of drug-likeness (QED) is 0.762. The smallest absolute Gasteiger partial charge is 0.451 e. The lowest BCUT2D eigenvalue weighted by molar-refractivity contribution is -0.145. The Morgan fingerprint density at radius 3 is 2.60 bits per heavy atom. The van der Waals surface area contributed by atoms with Crippen molar-refractivity contribution in [3.05, 3.63) is 17.0 Å². The van der Waals surface area contributed by atoms with E-state index in [-0.39, 0.29) is 17.6 Å². The summed E-state index contributed by atoms with van der Waals surface area (Å²) in [7, 11) is 0. The van der Waals surface area contributed by atoms with Crippen molar-refractivity contribution in [2.45, 2.75) is 19.5 Å². The number of nitrogens with zero attached hydrogens (tertiary/aromatic N) is 2. The Hall–Kier alpha value is -1.04. The van der Waals surface area contributed by atoms with E-state index < -0.39 is 12.0 Å². The summed E-state index contributed by atoms with van der Waals surface area (Å²) in [6.07, 6.45) is -3.95. The molecular weight excluding hydrogens is 233 g/mol. The molecule has 7 heteroatoms. The zero-order chi connectivity index (χ0) is 11.5. The van der Waals surface area contributed by atoms with Gasteiger partial charge in [-0.1, -0.05) is 18.5 Å². The third kappa shape index (κ3) is 3.54. The number of aromatic nitrogens is 2. The van der Waals surface area contributed by atoms with Gasteiger partial charge < -0.3 is 4.74 Å². The molecule has 1 aromatic heterocycles. The molecule has 0 unspecified atom stereocenters. The molecule has 0 saturated heterocycles. The molecule has 0 radical (unpaired) electrons. The van der Waals surface area contributed by atoms with Crippen molar-refractivity contribution in [2.24, 2.45) is 0 Å². The molecule has 3 nitrogen and oxygen atoms in total. The van der Waals surface area contributed by atoms with Crippen LogP contribution in [0.3, 0.4) is 0 Å². The number of hydrogen-bond acceptors (Lipinski definition) is 3. The van der Waals surface area contributed by atoms with E-state index in [2.05, 4.69) is 9.97 Å². The van der Waals surface area contributed by atoms with Gasteiger partial charge in [-0.15, -0.1) is 0 Å². The maximum Gasteiger partial charge on any atom is 0.451 e. The minimum absolute atomic E-state index is 0.163. The molecule has 0 aliphatic rings.